The van der Waals surface area contributed by atoms with Gasteiger partial charge in [0.2, 0.25) is 0 Å². The number of aliphatic hydroxyl groups is 1. The number of fused-ring (bicyclic) bond motifs is 1. The molecule has 1 aliphatic heterocycles. The lowest BCUT2D eigenvalue weighted by Gasteiger charge is -2.21. The molecule has 3 rings (SSSR count). The summed E-state index contributed by atoms with van der Waals surface area (Å²) >= 11 is 11.8. The summed E-state index contributed by atoms with van der Waals surface area (Å²) in [6, 6.07) is 11.7. The molecule has 0 fully saturated rings. The molecule has 1 amide bonds. The molecule has 1 atom stereocenters. The van der Waals surface area contributed by atoms with Crippen molar-refractivity contribution in [2.24, 2.45) is 0 Å². The van der Waals surface area contributed by atoms with Crippen molar-refractivity contribution in [1.29, 1.82) is 0 Å². The minimum atomic E-state index is -1.73. The number of para-hydroxylation sites is 1. The van der Waals surface area contributed by atoms with Gasteiger partial charge in [0.15, 0.2) is 5.60 Å². The van der Waals surface area contributed by atoms with E-state index in [0.29, 0.717) is 26.9 Å². The molecular weight excluding hydrogens is 285 g/mol. The van der Waals surface area contributed by atoms with E-state index in [-0.39, 0.29) is 0 Å². The Kier molecular flexibility index (Phi) is 2.78. The number of anilines is 1. The van der Waals surface area contributed by atoms with Crippen molar-refractivity contribution in [1.82, 2.24) is 0 Å². The normalized spacial score (nSPS) is 21.1. The molecule has 0 radical (unpaired) electrons. The van der Waals surface area contributed by atoms with E-state index in [1.807, 2.05) is 0 Å². The second-order valence-corrected chi connectivity index (χ2v) is 5.15. The van der Waals surface area contributed by atoms with E-state index in [4.69, 9.17) is 23.2 Å². The summed E-state index contributed by atoms with van der Waals surface area (Å²) < 4.78 is 0. The number of benzene rings is 2. The molecule has 3 nitrogen and oxygen atoms in total. The minimum absolute atomic E-state index is 0.296. The number of hydrogen-bond acceptors (Lipinski definition) is 2. The SMILES string of the molecule is O=C1Nc2ccccc2C1(O)c1ccc(Cl)c(Cl)c1. The highest BCUT2D eigenvalue weighted by atomic mass is 35.5. The van der Waals surface area contributed by atoms with Gasteiger partial charge in [-0.1, -0.05) is 47.5 Å². The van der Waals surface area contributed by atoms with Crippen molar-refractivity contribution in [3.05, 3.63) is 63.6 Å². The van der Waals surface area contributed by atoms with Crippen LogP contribution in [0.1, 0.15) is 11.1 Å². The summed E-state index contributed by atoms with van der Waals surface area (Å²) in [5.41, 5.74) is -0.228. The van der Waals surface area contributed by atoms with Gasteiger partial charge in [-0.25, -0.2) is 0 Å². The van der Waals surface area contributed by atoms with Gasteiger partial charge in [0.1, 0.15) is 0 Å². The molecule has 1 heterocycles. The van der Waals surface area contributed by atoms with Crippen LogP contribution in [-0.4, -0.2) is 11.0 Å². The summed E-state index contributed by atoms with van der Waals surface area (Å²) in [6.07, 6.45) is 0. The molecule has 19 heavy (non-hydrogen) atoms. The van der Waals surface area contributed by atoms with Crippen LogP contribution in [-0.2, 0) is 10.4 Å². The fourth-order valence-corrected chi connectivity index (χ4v) is 2.55. The van der Waals surface area contributed by atoms with Crippen LogP contribution in [0.3, 0.4) is 0 Å². The monoisotopic (exact) mass is 293 g/mol. The molecule has 0 saturated carbocycles. The topological polar surface area (TPSA) is 49.3 Å². The Balaban J connectivity index is 2.22. The number of halogens is 2. The third-order valence-electron chi connectivity index (χ3n) is 3.23. The zero-order chi connectivity index (χ0) is 13.6. The lowest BCUT2D eigenvalue weighted by Crippen LogP contribution is -2.35. The van der Waals surface area contributed by atoms with E-state index in [1.54, 1.807) is 36.4 Å². The van der Waals surface area contributed by atoms with Gasteiger partial charge in [-0.05, 0) is 23.8 Å². The molecule has 0 aromatic heterocycles. The van der Waals surface area contributed by atoms with Crippen LogP contribution in [0.2, 0.25) is 10.0 Å². The first-order valence-electron chi connectivity index (χ1n) is 5.62. The molecule has 1 aliphatic rings. The summed E-state index contributed by atoms with van der Waals surface area (Å²) in [4.78, 5) is 12.1. The fourth-order valence-electron chi connectivity index (χ4n) is 2.25. The average molecular weight is 294 g/mol. The van der Waals surface area contributed by atoms with Crippen LogP contribution < -0.4 is 5.32 Å². The Labute approximate surface area is 119 Å². The minimum Gasteiger partial charge on any atom is -0.372 e. The molecule has 0 bridgehead atoms. The van der Waals surface area contributed by atoms with E-state index in [9.17, 15) is 9.90 Å². The average Bonchev–Trinajstić information content (AvgIpc) is 2.66. The first-order chi connectivity index (χ1) is 9.03. The van der Waals surface area contributed by atoms with Crippen molar-refractivity contribution >= 4 is 34.8 Å². The van der Waals surface area contributed by atoms with E-state index in [0.717, 1.165) is 0 Å². The predicted molar refractivity (Wildman–Crippen MR) is 74.5 cm³/mol. The summed E-state index contributed by atoms with van der Waals surface area (Å²) in [5.74, 6) is -0.493. The lowest BCUT2D eigenvalue weighted by molar-refractivity contribution is -0.129. The summed E-state index contributed by atoms with van der Waals surface area (Å²) in [6.45, 7) is 0. The first kappa shape index (κ1) is 12.5. The molecule has 5 heteroatoms. The van der Waals surface area contributed by atoms with Crippen molar-refractivity contribution in [3.63, 3.8) is 0 Å². The molecule has 2 aromatic rings. The van der Waals surface area contributed by atoms with Crippen molar-refractivity contribution in [2.75, 3.05) is 5.32 Å². The first-order valence-corrected chi connectivity index (χ1v) is 6.38. The third-order valence-corrected chi connectivity index (χ3v) is 3.97. The van der Waals surface area contributed by atoms with Gasteiger partial charge < -0.3 is 10.4 Å². The number of nitrogens with one attached hydrogen (secondary N) is 1. The summed E-state index contributed by atoms with van der Waals surface area (Å²) in [5, 5.41) is 14.1. The van der Waals surface area contributed by atoms with Gasteiger partial charge in [-0.15, -0.1) is 0 Å². The molecule has 0 saturated heterocycles. The maximum atomic E-state index is 12.1. The number of carbonyl (C=O) groups is 1. The third kappa shape index (κ3) is 1.74. The van der Waals surface area contributed by atoms with Gasteiger partial charge in [0.05, 0.1) is 10.0 Å². The number of amides is 1. The second-order valence-electron chi connectivity index (χ2n) is 4.34. The van der Waals surface area contributed by atoms with Crippen molar-refractivity contribution in [3.8, 4) is 0 Å². The fraction of sp³-hybridized carbons (Fsp3) is 0.0714. The molecule has 0 aliphatic carbocycles. The quantitative estimate of drug-likeness (QED) is 0.848. The Morgan fingerprint density at radius 3 is 2.53 bits per heavy atom. The van der Waals surface area contributed by atoms with Gasteiger partial charge in [-0.2, -0.15) is 0 Å². The van der Waals surface area contributed by atoms with E-state index < -0.39 is 11.5 Å². The maximum absolute atomic E-state index is 12.1. The number of carbonyl (C=O) groups excluding carboxylic acids is 1. The van der Waals surface area contributed by atoms with Crippen molar-refractivity contribution in [2.45, 2.75) is 5.60 Å². The van der Waals surface area contributed by atoms with E-state index in [1.165, 1.54) is 6.07 Å². The number of hydrogen-bond donors (Lipinski definition) is 2. The molecule has 0 spiro atoms. The van der Waals surface area contributed by atoms with Gasteiger partial charge in [-0.3, -0.25) is 4.79 Å². The van der Waals surface area contributed by atoms with Gasteiger partial charge in [0, 0.05) is 11.3 Å². The Morgan fingerprint density at radius 2 is 1.79 bits per heavy atom. The standard InChI is InChI=1S/C14H9Cl2NO2/c15-10-6-5-8(7-11(10)16)14(19)9-3-1-2-4-12(9)17-13(14)18/h1-7,19H,(H,17,18). The molecule has 1 unspecified atom stereocenters. The Morgan fingerprint density at radius 1 is 1.05 bits per heavy atom. The highest BCUT2D eigenvalue weighted by Gasteiger charge is 2.46. The van der Waals surface area contributed by atoms with Crippen molar-refractivity contribution < 1.29 is 9.90 Å². The summed E-state index contributed by atoms with van der Waals surface area (Å²) in [7, 11) is 0. The second kappa shape index (κ2) is 4.23. The van der Waals surface area contributed by atoms with Gasteiger partial charge in [0.25, 0.3) is 5.91 Å². The lowest BCUT2D eigenvalue weighted by atomic mass is 9.87. The highest BCUT2D eigenvalue weighted by Crippen LogP contribution is 2.41. The molecule has 96 valence electrons. The van der Waals surface area contributed by atoms with Crippen LogP contribution in [0.15, 0.2) is 42.5 Å². The van der Waals surface area contributed by atoms with Crippen LogP contribution in [0.25, 0.3) is 0 Å². The number of rotatable bonds is 1. The van der Waals surface area contributed by atoms with E-state index in [2.05, 4.69) is 5.32 Å². The largest absolute Gasteiger partial charge is 0.372 e. The van der Waals surface area contributed by atoms with Crippen LogP contribution in [0.4, 0.5) is 5.69 Å². The van der Waals surface area contributed by atoms with Crippen LogP contribution >= 0.6 is 23.2 Å². The van der Waals surface area contributed by atoms with Crippen LogP contribution in [0.5, 0.6) is 0 Å². The highest BCUT2D eigenvalue weighted by molar-refractivity contribution is 6.42. The zero-order valence-corrected chi connectivity index (χ0v) is 11.2. The van der Waals surface area contributed by atoms with Gasteiger partial charge >= 0.3 is 0 Å². The van der Waals surface area contributed by atoms with E-state index >= 15 is 0 Å². The molecule has 2 aromatic carbocycles. The smallest absolute Gasteiger partial charge is 0.265 e. The molecule has 2 N–H and O–H groups in total. The maximum Gasteiger partial charge on any atom is 0.265 e. The Bertz CT molecular complexity index is 687. The van der Waals surface area contributed by atoms with Crippen LogP contribution in [0, 0.1) is 0 Å². The predicted octanol–water partition coefficient (Wildman–Crippen LogP) is 3.18. The molecular formula is C14H9Cl2NO2. The Hall–Kier alpha value is -1.55. The zero-order valence-electron chi connectivity index (χ0n) is 9.65.